The molecule has 0 aromatic rings. The number of carbonyl (C=O) groups is 2. The Hall–Kier alpha value is -1.10. The summed E-state index contributed by atoms with van der Waals surface area (Å²) >= 11 is 0. The molecule has 108 valence electrons. The van der Waals surface area contributed by atoms with Crippen molar-refractivity contribution in [1.82, 2.24) is 16.0 Å². The van der Waals surface area contributed by atoms with Crippen LogP contribution in [0.2, 0.25) is 0 Å². The summed E-state index contributed by atoms with van der Waals surface area (Å²) in [5.41, 5.74) is -0.355. The fraction of sp³-hybridized carbons (Fsp3) is 0.857. The summed E-state index contributed by atoms with van der Waals surface area (Å²) in [5, 5.41) is 9.12. The number of hydrogen-bond acceptors (Lipinski definition) is 3. The number of hydrogen-bond donors (Lipinski definition) is 3. The first-order valence-corrected chi connectivity index (χ1v) is 7.35. The molecule has 0 aliphatic carbocycles. The van der Waals surface area contributed by atoms with Crippen molar-refractivity contribution in [1.29, 1.82) is 0 Å². The molecule has 0 bridgehead atoms. The van der Waals surface area contributed by atoms with E-state index in [9.17, 15) is 9.59 Å². The Morgan fingerprint density at radius 1 is 1.37 bits per heavy atom. The molecule has 0 radical (unpaired) electrons. The van der Waals surface area contributed by atoms with Crippen LogP contribution < -0.4 is 16.0 Å². The number of amides is 2. The molecule has 3 N–H and O–H groups in total. The van der Waals surface area contributed by atoms with E-state index in [-0.39, 0.29) is 29.2 Å². The Morgan fingerprint density at radius 2 is 2.16 bits per heavy atom. The van der Waals surface area contributed by atoms with Crippen molar-refractivity contribution in [2.24, 2.45) is 11.3 Å². The first-order valence-electron chi connectivity index (χ1n) is 7.35. The van der Waals surface area contributed by atoms with Crippen molar-refractivity contribution in [2.45, 2.75) is 45.6 Å². The van der Waals surface area contributed by atoms with Crippen molar-refractivity contribution < 1.29 is 9.59 Å². The van der Waals surface area contributed by atoms with E-state index in [1.807, 2.05) is 0 Å². The number of nitrogens with one attached hydrogen (secondary N) is 3. The Bertz CT molecular complexity index is 349. The summed E-state index contributed by atoms with van der Waals surface area (Å²) in [5.74, 6) is 0.279. The van der Waals surface area contributed by atoms with E-state index >= 15 is 0 Å². The van der Waals surface area contributed by atoms with Crippen molar-refractivity contribution in [3.05, 3.63) is 0 Å². The van der Waals surface area contributed by atoms with Crippen LogP contribution in [0.5, 0.6) is 0 Å². The zero-order chi connectivity index (χ0) is 13.9. The molecule has 2 unspecified atom stereocenters. The zero-order valence-corrected chi connectivity index (χ0v) is 11.9. The predicted octanol–water partition coefficient (Wildman–Crippen LogP) is 0.407. The lowest BCUT2D eigenvalue weighted by Crippen LogP contribution is -2.53. The molecular weight excluding hydrogens is 242 g/mol. The number of rotatable bonds is 3. The molecule has 0 aromatic carbocycles. The quantitative estimate of drug-likeness (QED) is 0.693. The Balaban J connectivity index is 2.04. The van der Waals surface area contributed by atoms with E-state index < -0.39 is 0 Å². The van der Waals surface area contributed by atoms with Crippen molar-refractivity contribution in [3.8, 4) is 0 Å². The highest BCUT2D eigenvalue weighted by Crippen LogP contribution is 2.34. The molecule has 2 rings (SSSR count). The van der Waals surface area contributed by atoms with Crippen LogP contribution in [0.4, 0.5) is 0 Å². The molecule has 2 saturated heterocycles. The van der Waals surface area contributed by atoms with Gasteiger partial charge < -0.3 is 16.0 Å². The van der Waals surface area contributed by atoms with Gasteiger partial charge in [0.2, 0.25) is 11.8 Å². The highest BCUT2D eigenvalue weighted by Gasteiger charge is 2.44. The van der Waals surface area contributed by atoms with Crippen molar-refractivity contribution in [3.63, 3.8) is 0 Å². The van der Waals surface area contributed by atoms with E-state index in [0.717, 1.165) is 38.8 Å². The third-order valence-corrected chi connectivity index (χ3v) is 4.59. The number of carbonyl (C=O) groups excluding carboxylic acids is 2. The Kier molecular flexibility index (Phi) is 4.45. The molecule has 0 aromatic heterocycles. The smallest absolute Gasteiger partial charge is 0.242 e. The van der Waals surface area contributed by atoms with E-state index in [1.54, 1.807) is 0 Å². The fourth-order valence-electron chi connectivity index (χ4n) is 3.04. The van der Waals surface area contributed by atoms with Gasteiger partial charge in [-0.2, -0.15) is 0 Å². The van der Waals surface area contributed by atoms with Gasteiger partial charge in [-0.05, 0) is 38.1 Å². The third-order valence-electron chi connectivity index (χ3n) is 4.59. The lowest BCUT2D eigenvalue weighted by molar-refractivity contribution is -0.136. The van der Waals surface area contributed by atoms with Gasteiger partial charge in [-0.3, -0.25) is 9.59 Å². The molecule has 2 aliphatic rings. The van der Waals surface area contributed by atoms with Crippen LogP contribution in [0.3, 0.4) is 0 Å². The van der Waals surface area contributed by atoms with E-state index in [4.69, 9.17) is 0 Å². The molecule has 2 fully saturated rings. The molecule has 5 nitrogen and oxygen atoms in total. The maximum Gasteiger partial charge on any atom is 0.242 e. The summed E-state index contributed by atoms with van der Waals surface area (Å²) in [6, 6.07) is -0.355. The topological polar surface area (TPSA) is 70.2 Å². The summed E-state index contributed by atoms with van der Waals surface area (Å²) in [4.78, 5) is 24.5. The van der Waals surface area contributed by atoms with Gasteiger partial charge in [0.1, 0.15) is 6.04 Å². The maximum absolute atomic E-state index is 12.6. The van der Waals surface area contributed by atoms with Crippen molar-refractivity contribution in [2.75, 3.05) is 19.6 Å². The summed E-state index contributed by atoms with van der Waals surface area (Å²) < 4.78 is 0. The average Bonchev–Trinajstić information content (AvgIpc) is 2.79. The van der Waals surface area contributed by atoms with E-state index in [0.29, 0.717) is 6.54 Å². The van der Waals surface area contributed by atoms with Crippen LogP contribution in [-0.2, 0) is 9.59 Å². The first kappa shape index (κ1) is 14.3. The Labute approximate surface area is 114 Å². The first-order chi connectivity index (χ1) is 9.06. The molecule has 2 aliphatic heterocycles. The van der Waals surface area contributed by atoms with Crippen LogP contribution in [0.1, 0.15) is 39.5 Å². The second-order valence-corrected chi connectivity index (χ2v) is 6.05. The highest BCUT2D eigenvalue weighted by molar-refractivity contribution is 5.90. The van der Waals surface area contributed by atoms with Crippen LogP contribution in [-0.4, -0.2) is 37.5 Å². The van der Waals surface area contributed by atoms with Gasteiger partial charge >= 0.3 is 0 Å². The minimum absolute atomic E-state index is 0.0317. The van der Waals surface area contributed by atoms with Crippen LogP contribution in [0.15, 0.2) is 0 Å². The molecule has 2 atom stereocenters. The average molecular weight is 267 g/mol. The van der Waals surface area contributed by atoms with Crippen LogP contribution in [0, 0.1) is 11.3 Å². The maximum atomic E-state index is 12.6. The summed E-state index contributed by atoms with van der Waals surface area (Å²) in [6.45, 7) is 6.48. The lowest BCUT2D eigenvalue weighted by Gasteiger charge is -2.32. The normalized spacial score (nSPS) is 31.9. The minimum Gasteiger partial charge on any atom is -0.354 e. The molecule has 19 heavy (non-hydrogen) atoms. The molecular formula is C14H25N3O2. The van der Waals surface area contributed by atoms with E-state index in [2.05, 4.69) is 29.8 Å². The highest BCUT2D eigenvalue weighted by atomic mass is 16.2. The zero-order valence-electron chi connectivity index (χ0n) is 11.9. The lowest BCUT2D eigenvalue weighted by atomic mass is 9.75. The van der Waals surface area contributed by atoms with Crippen LogP contribution >= 0.6 is 0 Å². The van der Waals surface area contributed by atoms with Gasteiger partial charge in [-0.25, -0.2) is 0 Å². The monoisotopic (exact) mass is 267 g/mol. The van der Waals surface area contributed by atoms with Gasteiger partial charge in [-0.15, -0.1) is 0 Å². The third kappa shape index (κ3) is 2.91. The van der Waals surface area contributed by atoms with Gasteiger partial charge in [0, 0.05) is 13.1 Å². The fourth-order valence-corrected chi connectivity index (χ4v) is 3.04. The molecule has 5 heteroatoms. The van der Waals surface area contributed by atoms with Crippen molar-refractivity contribution >= 4 is 11.8 Å². The largest absolute Gasteiger partial charge is 0.354 e. The van der Waals surface area contributed by atoms with Crippen LogP contribution in [0.25, 0.3) is 0 Å². The second-order valence-electron chi connectivity index (χ2n) is 6.05. The molecule has 0 spiro atoms. The second kappa shape index (κ2) is 5.90. The Morgan fingerprint density at radius 3 is 2.79 bits per heavy atom. The molecule has 2 heterocycles. The standard InChI is InChI=1S/C14H25N3O2/c1-10(2)14(6-8-15-9-14)13(19)17-11-5-3-4-7-16-12(11)18/h10-11,15H,3-9H2,1-2H3,(H,16,18)(H,17,19). The SMILES string of the molecule is CC(C)C1(C(=O)NC2CCCCNC2=O)CCNC1. The minimum atomic E-state index is -0.355. The van der Waals surface area contributed by atoms with Gasteiger partial charge in [-0.1, -0.05) is 13.8 Å². The molecule has 0 saturated carbocycles. The van der Waals surface area contributed by atoms with Gasteiger partial charge in [0.05, 0.1) is 5.41 Å². The predicted molar refractivity (Wildman–Crippen MR) is 73.5 cm³/mol. The van der Waals surface area contributed by atoms with E-state index in [1.165, 1.54) is 0 Å². The summed E-state index contributed by atoms with van der Waals surface area (Å²) in [7, 11) is 0. The van der Waals surface area contributed by atoms with Gasteiger partial charge in [0.25, 0.3) is 0 Å². The summed E-state index contributed by atoms with van der Waals surface area (Å²) in [6.07, 6.45) is 3.58. The van der Waals surface area contributed by atoms with Gasteiger partial charge in [0.15, 0.2) is 0 Å². The molecule has 2 amide bonds.